The van der Waals surface area contributed by atoms with E-state index in [2.05, 4.69) is 37.9 Å². The van der Waals surface area contributed by atoms with Crippen molar-refractivity contribution in [3.8, 4) is 0 Å². The van der Waals surface area contributed by atoms with Gasteiger partial charge in [-0.15, -0.1) is 0 Å². The van der Waals surface area contributed by atoms with Crippen LogP contribution >= 0.6 is 22.6 Å². The maximum Gasteiger partial charge on any atom is 0.130 e. The Morgan fingerprint density at radius 3 is 2.83 bits per heavy atom. The van der Waals surface area contributed by atoms with E-state index >= 15 is 0 Å². The minimum atomic E-state index is -0.543. The molecule has 2 N–H and O–H groups in total. The fourth-order valence-electron chi connectivity index (χ4n) is 1.70. The normalized spacial score (nSPS) is 12.2. The Labute approximate surface area is 120 Å². The molecule has 0 bridgehead atoms. The molecule has 1 unspecified atom stereocenters. The molecule has 1 aromatic heterocycles. The number of nitrogens with zero attached hydrogens (tertiary/aromatic N) is 2. The van der Waals surface area contributed by atoms with Crippen molar-refractivity contribution in [2.24, 2.45) is 0 Å². The smallest absolute Gasteiger partial charge is 0.130 e. The molecule has 0 saturated carbocycles. The number of aromatic nitrogens is 2. The first kappa shape index (κ1) is 13.2. The molecular formula is C13H14IN3O. The van der Waals surface area contributed by atoms with Gasteiger partial charge in [0, 0.05) is 12.6 Å². The van der Waals surface area contributed by atoms with Crippen molar-refractivity contribution < 1.29 is 5.11 Å². The van der Waals surface area contributed by atoms with Gasteiger partial charge in [-0.1, -0.05) is 24.3 Å². The van der Waals surface area contributed by atoms with E-state index in [1.54, 1.807) is 0 Å². The highest BCUT2D eigenvalue weighted by Crippen LogP contribution is 2.17. The summed E-state index contributed by atoms with van der Waals surface area (Å²) in [5.74, 6) is 0.724. The summed E-state index contributed by atoms with van der Waals surface area (Å²) in [6, 6.07) is 9.66. The summed E-state index contributed by atoms with van der Waals surface area (Å²) in [5.41, 5.74) is 2.03. The van der Waals surface area contributed by atoms with Crippen LogP contribution in [0, 0.1) is 10.6 Å². The molecule has 0 aliphatic rings. The van der Waals surface area contributed by atoms with Crippen molar-refractivity contribution in [2.75, 3.05) is 11.9 Å². The van der Waals surface area contributed by atoms with Crippen LogP contribution in [-0.4, -0.2) is 21.6 Å². The summed E-state index contributed by atoms with van der Waals surface area (Å²) in [6.07, 6.45) is 0.961. The van der Waals surface area contributed by atoms with Crippen LogP contribution in [0.15, 0.2) is 36.7 Å². The molecule has 94 valence electrons. The second-order valence-electron chi connectivity index (χ2n) is 3.98. The van der Waals surface area contributed by atoms with Crippen LogP contribution in [0.3, 0.4) is 0 Å². The molecular weight excluding hydrogens is 341 g/mol. The molecule has 0 radical (unpaired) electrons. The van der Waals surface area contributed by atoms with E-state index in [1.807, 2.05) is 37.3 Å². The van der Waals surface area contributed by atoms with Crippen LogP contribution in [0.25, 0.3) is 0 Å². The van der Waals surface area contributed by atoms with Gasteiger partial charge in [-0.05, 0) is 40.6 Å². The van der Waals surface area contributed by atoms with Gasteiger partial charge >= 0.3 is 0 Å². The number of rotatable bonds is 4. The van der Waals surface area contributed by atoms with Crippen LogP contribution in [0.5, 0.6) is 0 Å². The number of halogens is 1. The number of anilines is 1. The number of nitrogens with one attached hydrogen (secondary N) is 1. The fraction of sp³-hybridized carbons (Fsp3) is 0.231. The van der Waals surface area contributed by atoms with Gasteiger partial charge in [-0.25, -0.2) is 9.97 Å². The van der Waals surface area contributed by atoms with E-state index in [0.717, 1.165) is 20.6 Å². The summed E-state index contributed by atoms with van der Waals surface area (Å²) < 4.78 is 0.871. The van der Waals surface area contributed by atoms with Gasteiger partial charge in [0.1, 0.15) is 15.8 Å². The van der Waals surface area contributed by atoms with Gasteiger partial charge in [-0.2, -0.15) is 0 Å². The molecule has 1 atom stereocenters. The van der Waals surface area contributed by atoms with E-state index in [0.29, 0.717) is 6.54 Å². The van der Waals surface area contributed by atoms with Crippen LogP contribution < -0.4 is 5.32 Å². The summed E-state index contributed by atoms with van der Waals surface area (Å²) in [7, 11) is 0. The molecule has 0 fully saturated rings. The number of aliphatic hydroxyl groups is 1. The number of aryl methyl sites for hydroxylation is 1. The van der Waals surface area contributed by atoms with Gasteiger partial charge in [0.15, 0.2) is 0 Å². The predicted molar refractivity (Wildman–Crippen MR) is 79.4 cm³/mol. The lowest BCUT2D eigenvalue weighted by Gasteiger charge is -2.14. The third kappa shape index (κ3) is 3.39. The van der Waals surface area contributed by atoms with Gasteiger partial charge in [0.05, 0.1) is 6.10 Å². The average molecular weight is 355 g/mol. The monoisotopic (exact) mass is 355 g/mol. The average Bonchev–Trinajstić information content (AvgIpc) is 2.37. The van der Waals surface area contributed by atoms with Crippen molar-refractivity contribution >= 4 is 28.4 Å². The van der Waals surface area contributed by atoms with Gasteiger partial charge in [-0.3, -0.25) is 0 Å². The topological polar surface area (TPSA) is 58.0 Å². The molecule has 0 amide bonds. The molecule has 1 heterocycles. The third-order valence-electron chi connectivity index (χ3n) is 2.66. The van der Waals surface area contributed by atoms with Crippen molar-refractivity contribution in [3.63, 3.8) is 0 Å². The minimum absolute atomic E-state index is 0.429. The van der Waals surface area contributed by atoms with E-state index in [-0.39, 0.29) is 0 Å². The minimum Gasteiger partial charge on any atom is -0.387 e. The Hall–Kier alpha value is -1.21. The van der Waals surface area contributed by atoms with Crippen LogP contribution in [0.2, 0.25) is 0 Å². The Kier molecular flexibility index (Phi) is 4.48. The first-order valence-corrected chi connectivity index (χ1v) is 6.69. The zero-order valence-electron chi connectivity index (χ0n) is 9.97. The largest absolute Gasteiger partial charge is 0.387 e. The zero-order chi connectivity index (χ0) is 13.0. The molecule has 18 heavy (non-hydrogen) atoms. The highest BCUT2D eigenvalue weighted by molar-refractivity contribution is 14.1. The fourth-order valence-corrected chi connectivity index (χ4v) is 2.12. The summed E-state index contributed by atoms with van der Waals surface area (Å²) in [6.45, 7) is 2.42. The number of benzene rings is 1. The van der Waals surface area contributed by atoms with Crippen molar-refractivity contribution in [3.05, 3.63) is 51.5 Å². The quantitative estimate of drug-likeness (QED) is 0.654. The molecule has 1 aromatic carbocycles. The van der Waals surface area contributed by atoms with Gasteiger partial charge in [0.25, 0.3) is 0 Å². The van der Waals surface area contributed by atoms with Crippen molar-refractivity contribution in [1.29, 1.82) is 0 Å². The summed E-state index contributed by atoms with van der Waals surface area (Å²) in [4.78, 5) is 8.10. The molecule has 2 aromatic rings. The Balaban J connectivity index is 2.00. The zero-order valence-corrected chi connectivity index (χ0v) is 12.1. The standard InChI is InChI=1S/C13H14IN3O/c1-9-4-2-3-5-10(9)11(18)7-15-13-6-12(14)16-8-17-13/h2-6,8,11,18H,7H2,1H3,(H,15,16,17). The number of hydrogen-bond acceptors (Lipinski definition) is 4. The SMILES string of the molecule is Cc1ccccc1C(O)CNc1cc(I)ncn1. The first-order valence-electron chi connectivity index (χ1n) is 5.62. The second kappa shape index (κ2) is 6.10. The molecule has 5 heteroatoms. The van der Waals surface area contributed by atoms with Crippen molar-refractivity contribution in [1.82, 2.24) is 9.97 Å². The highest BCUT2D eigenvalue weighted by atomic mass is 127. The van der Waals surface area contributed by atoms with Crippen molar-refractivity contribution in [2.45, 2.75) is 13.0 Å². The lowest BCUT2D eigenvalue weighted by atomic mass is 10.0. The molecule has 0 spiro atoms. The lowest BCUT2D eigenvalue weighted by Crippen LogP contribution is -2.14. The number of hydrogen-bond donors (Lipinski definition) is 2. The Morgan fingerprint density at radius 2 is 2.11 bits per heavy atom. The van der Waals surface area contributed by atoms with E-state index in [1.165, 1.54) is 6.33 Å². The molecule has 2 rings (SSSR count). The van der Waals surface area contributed by atoms with Crippen LogP contribution in [0.4, 0.5) is 5.82 Å². The predicted octanol–water partition coefficient (Wildman–Crippen LogP) is 2.54. The van der Waals surface area contributed by atoms with E-state index < -0.39 is 6.10 Å². The third-order valence-corrected chi connectivity index (χ3v) is 3.25. The van der Waals surface area contributed by atoms with Gasteiger partial charge in [0.2, 0.25) is 0 Å². The number of aliphatic hydroxyl groups excluding tert-OH is 1. The van der Waals surface area contributed by atoms with E-state index in [4.69, 9.17) is 0 Å². The maximum atomic E-state index is 10.1. The van der Waals surface area contributed by atoms with Gasteiger partial charge < -0.3 is 10.4 Å². The summed E-state index contributed by atoms with van der Waals surface area (Å²) in [5, 5.41) is 13.2. The van der Waals surface area contributed by atoms with Crippen LogP contribution in [-0.2, 0) is 0 Å². The Bertz CT molecular complexity index is 533. The Morgan fingerprint density at radius 1 is 1.33 bits per heavy atom. The first-order chi connectivity index (χ1) is 8.66. The second-order valence-corrected chi connectivity index (χ2v) is 5.08. The maximum absolute atomic E-state index is 10.1. The molecule has 4 nitrogen and oxygen atoms in total. The molecule has 0 aliphatic heterocycles. The lowest BCUT2D eigenvalue weighted by molar-refractivity contribution is 0.191. The van der Waals surface area contributed by atoms with Crippen LogP contribution in [0.1, 0.15) is 17.2 Å². The molecule has 0 saturated heterocycles. The highest BCUT2D eigenvalue weighted by Gasteiger charge is 2.09. The molecule has 0 aliphatic carbocycles. The van der Waals surface area contributed by atoms with E-state index in [9.17, 15) is 5.11 Å². The summed E-state index contributed by atoms with van der Waals surface area (Å²) >= 11 is 2.13.